The van der Waals surface area contributed by atoms with Crippen LogP contribution in [0.4, 0.5) is 18.9 Å². The van der Waals surface area contributed by atoms with Gasteiger partial charge >= 0.3 is 6.18 Å². The molecule has 0 bridgehead atoms. The summed E-state index contributed by atoms with van der Waals surface area (Å²) in [6.07, 6.45) is -5.09. The topological polar surface area (TPSA) is 50.7 Å². The van der Waals surface area contributed by atoms with E-state index in [0.717, 1.165) is 52.7 Å². The van der Waals surface area contributed by atoms with Gasteiger partial charge in [-0.1, -0.05) is 38.1 Å². The lowest BCUT2D eigenvalue weighted by Gasteiger charge is -2.33. The first-order valence-corrected chi connectivity index (χ1v) is 11.0. The highest BCUT2D eigenvalue weighted by atomic mass is 19.4. The van der Waals surface area contributed by atoms with Crippen LogP contribution in [0.5, 0.6) is 11.5 Å². The van der Waals surface area contributed by atoms with Gasteiger partial charge in [-0.3, -0.25) is 0 Å². The van der Waals surface area contributed by atoms with Gasteiger partial charge in [-0.25, -0.2) is 0 Å². The molecule has 7 heteroatoms. The number of aliphatic hydroxyl groups is 1. The van der Waals surface area contributed by atoms with Crippen LogP contribution in [0.1, 0.15) is 47.8 Å². The molecule has 0 aromatic heterocycles. The highest BCUT2D eigenvalue weighted by Crippen LogP contribution is 2.52. The van der Waals surface area contributed by atoms with Gasteiger partial charge in [0.25, 0.3) is 0 Å². The summed E-state index contributed by atoms with van der Waals surface area (Å²) in [7, 11) is 4.42. The average molecular weight is 476 g/mol. The van der Waals surface area contributed by atoms with E-state index in [1.54, 1.807) is 13.2 Å². The first-order valence-electron chi connectivity index (χ1n) is 11.0. The zero-order valence-corrected chi connectivity index (χ0v) is 20.6. The van der Waals surface area contributed by atoms with Crippen LogP contribution >= 0.6 is 0 Å². The van der Waals surface area contributed by atoms with Crippen molar-refractivity contribution in [1.82, 2.24) is 0 Å². The van der Waals surface area contributed by atoms with Crippen LogP contribution < -0.4 is 14.8 Å². The van der Waals surface area contributed by atoms with Gasteiger partial charge in [-0.05, 0) is 60.4 Å². The van der Waals surface area contributed by atoms with Crippen molar-refractivity contribution in [3.8, 4) is 22.6 Å². The van der Waals surface area contributed by atoms with E-state index in [2.05, 4.69) is 5.32 Å². The molecule has 0 aliphatic carbocycles. The summed E-state index contributed by atoms with van der Waals surface area (Å²) in [5, 5.41) is 10.2. The van der Waals surface area contributed by atoms with Crippen LogP contribution in [0.15, 0.2) is 48.5 Å². The number of ether oxygens (including phenoxy) is 2. The van der Waals surface area contributed by atoms with E-state index in [1.807, 2.05) is 59.0 Å². The molecule has 3 aromatic rings. The molecule has 1 aliphatic heterocycles. The van der Waals surface area contributed by atoms with Crippen LogP contribution in [0.3, 0.4) is 0 Å². The lowest BCUT2D eigenvalue weighted by molar-refractivity contribution is -0.137. The van der Waals surface area contributed by atoms with Gasteiger partial charge < -0.3 is 19.9 Å². The van der Waals surface area contributed by atoms with Crippen LogP contribution in [0.2, 0.25) is 0 Å². The minimum atomic E-state index is -4.42. The van der Waals surface area contributed by atoms with Crippen molar-refractivity contribution in [3.63, 3.8) is 0 Å². The number of halogens is 3. The fraction of sp³-hybridized carbons (Fsp3) is 0.333. The third kappa shape index (κ3) is 4.99. The SMILES string of the molecule is CC.CNc1ccc2c(c1C)C(c1cccc(C(F)(F)F)c1)Oc1ccc(C)c(OC)c1-2.CO. The summed E-state index contributed by atoms with van der Waals surface area (Å²) in [5.41, 5.74) is 5.08. The lowest BCUT2D eigenvalue weighted by Crippen LogP contribution is -2.19. The standard InChI is InChI=1S/C24H22F3NO2.C2H6.CH4O/c1-13-8-11-19-21(22(13)29-4)17-9-10-18(28-3)14(2)20(17)23(30-19)15-6-5-7-16(12-15)24(25,26)27;2*1-2/h5-12,23,28H,1-4H3;1-2H3;2H,1H3. The van der Waals surface area contributed by atoms with Crippen molar-refractivity contribution < 1.29 is 27.8 Å². The molecular weight excluding hydrogens is 443 g/mol. The molecule has 0 amide bonds. The van der Waals surface area contributed by atoms with E-state index in [9.17, 15) is 13.2 Å². The van der Waals surface area contributed by atoms with Crippen LogP contribution in [-0.2, 0) is 6.18 Å². The third-order valence-corrected chi connectivity index (χ3v) is 5.60. The molecule has 0 saturated carbocycles. The molecule has 1 aliphatic rings. The van der Waals surface area contributed by atoms with Crippen molar-refractivity contribution >= 4 is 5.69 Å². The maximum Gasteiger partial charge on any atom is 0.416 e. The fourth-order valence-corrected chi connectivity index (χ4v) is 4.14. The van der Waals surface area contributed by atoms with E-state index in [-0.39, 0.29) is 0 Å². The molecule has 1 heterocycles. The maximum absolute atomic E-state index is 13.3. The van der Waals surface area contributed by atoms with Gasteiger partial charge in [0.2, 0.25) is 0 Å². The Kier molecular flexibility index (Phi) is 8.99. The molecule has 34 heavy (non-hydrogen) atoms. The summed E-state index contributed by atoms with van der Waals surface area (Å²) in [5.74, 6) is 1.29. The van der Waals surface area contributed by atoms with Crippen LogP contribution in [0, 0.1) is 13.8 Å². The highest BCUT2D eigenvalue weighted by molar-refractivity contribution is 5.85. The third-order valence-electron chi connectivity index (χ3n) is 5.60. The highest BCUT2D eigenvalue weighted by Gasteiger charge is 2.35. The number of rotatable bonds is 3. The predicted octanol–water partition coefficient (Wildman–Crippen LogP) is 7.16. The molecule has 0 spiro atoms. The lowest BCUT2D eigenvalue weighted by atomic mass is 9.84. The maximum atomic E-state index is 13.3. The zero-order valence-electron chi connectivity index (χ0n) is 20.6. The summed E-state index contributed by atoms with van der Waals surface area (Å²) in [6.45, 7) is 7.90. The number of alkyl halides is 3. The van der Waals surface area contributed by atoms with Crippen molar-refractivity contribution in [2.45, 2.75) is 40.0 Å². The first-order chi connectivity index (χ1) is 16.3. The Morgan fingerprint density at radius 1 is 1.00 bits per heavy atom. The number of methoxy groups -OCH3 is 1. The quantitative estimate of drug-likeness (QED) is 0.422. The molecule has 2 N–H and O–H groups in total. The van der Waals surface area contributed by atoms with E-state index in [4.69, 9.17) is 14.6 Å². The number of anilines is 1. The second kappa shape index (κ2) is 11.3. The number of aryl methyl sites for hydroxylation is 1. The Morgan fingerprint density at radius 3 is 2.26 bits per heavy atom. The molecule has 0 saturated heterocycles. The Morgan fingerprint density at radius 2 is 1.68 bits per heavy atom. The number of aliphatic hydroxyl groups excluding tert-OH is 1. The summed E-state index contributed by atoms with van der Waals surface area (Å²) < 4.78 is 52.0. The second-order valence-corrected chi connectivity index (χ2v) is 7.36. The van der Waals surface area contributed by atoms with Gasteiger partial charge in [-0.15, -0.1) is 0 Å². The van der Waals surface area contributed by atoms with Crippen molar-refractivity contribution in [2.75, 3.05) is 26.6 Å². The van der Waals surface area contributed by atoms with Crippen LogP contribution in [0.25, 0.3) is 11.1 Å². The smallest absolute Gasteiger partial charge is 0.416 e. The minimum Gasteiger partial charge on any atom is -0.496 e. The normalized spacial score (nSPS) is 13.7. The number of benzene rings is 3. The Hall–Kier alpha value is -3.19. The zero-order chi connectivity index (χ0) is 25.6. The average Bonchev–Trinajstić information content (AvgIpc) is 2.85. The summed E-state index contributed by atoms with van der Waals surface area (Å²) in [4.78, 5) is 0. The number of fused-ring (bicyclic) bond motifs is 3. The van der Waals surface area contributed by atoms with Gasteiger partial charge in [-0.2, -0.15) is 13.2 Å². The van der Waals surface area contributed by atoms with Gasteiger partial charge in [0.05, 0.1) is 18.2 Å². The molecule has 3 aromatic carbocycles. The van der Waals surface area contributed by atoms with Gasteiger partial charge in [0.15, 0.2) is 0 Å². The van der Waals surface area contributed by atoms with Crippen molar-refractivity contribution in [1.29, 1.82) is 0 Å². The molecule has 0 fully saturated rings. The molecule has 0 radical (unpaired) electrons. The van der Waals surface area contributed by atoms with Crippen molar-refractivity contribution in [3.05, 3.63) is 76.3 Å². The van der Waals surface area contributed by atoms with Gasteiger partial charge in [0.1, 0.15) is 17.6 Å². The Balaban J connectivity index is 0.000000970. The predicted molar refractivity (Wildman–Crippen MR) is 131 cm³/mol. The summed E-state index contributed by atoms with van der Waals surface area (Å²) in [6, 6.07) is 13.0. The molecule has 184 valence electrons. The summed E-state index contributed by atoms with van der Waals surface area (Å²) >= 11 is 0. The number of hydrogen-bond donors (Lipinski definition) is 2. The van der Waals surface area contributed by atoms with E-state index in [1.165, 1.54) is 6.07 Å². The molecule has 4 nitrogen and oxygen atoms in total. The van der Waals surface area contributed by atoms with E-state index >= 15 is 0 Å². The Labute approximate surface area is 199 Å². The molecule has 1 atom stereocenters. The van der Waals surface area contributed by atoms with Crippen molar-refractivity contribution in [2.24, 2.45) is 0 Å². The Bertz CT molecular complexity index is 1130. The van der Waals surface area contributed by atoms with E-state index in [0.29, 0.717) is 17.1 Å². The largest absolute Gasteiger partial charge is 0.496 e. The molecular formula is C27H32F3NO3. The number of hydrogen-bond acceptors (Lipinski definition) is 4. The number of nitrogens with one attached hydrogen (secondary N) is 1. The second-order valence-electron chi connectivity index (χ2n) is 7.36. The molecule has 4 rings (SSSR count). The van der Waals surface area contributed by atoms with Crippen LogP contribution in [-0.4, -0.2) is 26.4 Å². The minimum absolute atomic E-state index is 0.451. The monoisotopic (exact) mass is 475 g/mol. The van der Waals surface area contributed by atoms with Gasteiger partial charge in [0, 0.05) is 25.4 Å². The molecule has 1 unspecified atom stereocenters. The van der Waals surface area contributed by atoms with E-state index < -0.39 is 17.8 Å². The first kappa shape index (κ1) is 27.1. The fourth-order valence-electron chi connectivity index (χ4n) is 4.14.